The van der Waals surface area contributed by atoms with Gasteiger partial charge >= 0.3 is 5.69 Å². The molecule has 0 spiro atoms. The van der Waals surface area contributed by atoms with E-state index in [9.17, 15) is 9.59 Å². The fourth-order valence-corrected chi connectivity index (χ4v) is 0.869. The van der Waals surface area contributed by atoms with Crippen molar-refractivity contribution in [1.82, 2.24) is 20.2 Å². The lowest BCUT2D eigenvalue weighted by Crippen LogP contribution is -2.21. The first-order valence-corrected chi connectivity index (χ1v) is 2.93. The zero-order chi connectivity index (χ0) is 7.84. The predicted octanol–water partition coefficient (Wildman–Crippen LogP) is -1.06. The summed E-state index contributed by atoms with van der Waals surface area (Å²) >= 11 is 0. The number of H-pyrrole nitrogens is 3. The maximum absolute atomic E-state index is 10.9. The monoisotopic (exact) mass is 155 g/mol. The second-order valence-electron chi connectivity index (χ2n) is 2.07. The van der Waals surface area contributed by atoms with Crippen molar-refractivity contribution in [3.05, 3.63) is 27.0 Å². The molecule has 0 amide bonds. The first kappa shape index (κ1) is 5.90. The van der Waals surface area contributed by atoms with Crippen LogP contribution in [0.5, 0.6) is 0 Å². The first-order valence-electron chi connectivity index (χ1n) is 2.93. The Bertz CT molecular complexity index is 491. The molecule has 2 rings (SSSR count). The zero-order valence-electron chi connectivity index (χ0n) is 5.34. The highest BCUT2D eigenvalue weighted by atomic mass is 16.2. The summed E-state index contributed by atoms with van der Waals surface area (Å²) in [6, 6.07) is 0. The molecule has 0 aliphatic rings. The molecule has 2 heterocycles. The lowest BCUT2D eigenvalue weighted by Gasteiger charge is -1.83. The second kappa shape index (κ2) is 1.82. The van der Waals surface area contributed by atoms with E-state index in [-0.39, 0.29) is 0 Å². The largest absolute Gasteiger partial charge is 0.327 e. The molecular weight excluding hydrogens is 151 g/mol. The van der Waals surface area contributed by atoms with E-state index in [1.165, 1.54) is 6.20 Å². The summed E-state index contributed by atoms with van der Waals surface area (Å²) in [7, 11) is 0. The van der Waals surface area contributed by atoms with E-state index in [1.807, 2.05) is 0 Å². The number of hydrogen-bond donors (Lipinski definition) is 3. The minimum Gasteiger partial charge on any atom is -0.292 e. The molecule has 0 aromatic carbocycles. The molecule has 2 aromatic heterocycles. The van der Waals surface area contributed by atoms with E-state index >= 15 is 0 Å². The van der Waals surface area contributed by atoms with Crippen LogP contribution >= 0.6 is 0 Å². The molecule has 0 unspecified atom stereocenters. The first-order chi connectivity index (χ1) is 5.27. The van der Waals surface area contributed by atoms with Crippen molar-refractivity contribution in [3.8, 4) is 0 Å². The van der Waals surface area contributed by atoms with Crippen LogP contribution in [0.3, 0.4) is 0 Å². The lowest BCUT2D eigenvalue weighted by atomic mass is 10.5. The molecule has 0 aliphatic heterocycles. The van der Waals surface area contributed by atoms with Crippen molar-refractivity contribution in [3.63, 3.8) is 0 Å². The molecule has 3 N–H and O–H groups in total. The summed E-state index contributed by atoms with van der Waals surface area (Å²) in [4.78, 5) is 26.0. The molecule has 56 valence electrons. The van der Waals surface area contributed by atoms with Gasteiger partial charge in [-0.05, 0) is 0 Å². The zero-order valence-corrected chi connectivity index (χ0v) is 5.34. The van der Waals surface area contributed by atoms with Crippen molar-refractivity contribution in [2.75, 3.05) is 0 Å². The Morgan fingerprint density at radius 2 is 2.09 bits per heavy atom. The van der Waals surface area contributed by atoms with Crippen LogP contribution in [0.25, 0.3) is 11.0 Å². The Morgan fingerprint density at radius 3 is 2.91 bits per heavy atom. The Hall–Kier alpha value is -1.85. The molecule has 0 radical (unpaired) electrons. The summed E-state index contributed by atoms with van der Waals surface area (Å²) in [6.07, 6.45) is 1.35. The number of aromatic amines is 3. The number of aromatic nitrogens is 4. The molecule has 2 aromatic rings. The van der Waals surface area contributed by atoms with Gasteiger partial charge in [-0.15, -0.1) is 0 Å². The van der Waals surface area contributed by atoms with Gasteiger partial charge in [0.1, 0.15) is 11.0 Å². The van der Waals surface area contributed by atoms with Gasteiger partial charge in [0.2, 0.25) is 0 Å². The van der Waals surface area contributed by atoms with Crippen molar-refractivity contribution >= 4 is 11.0 Å². The average Bonchev–Trinajstić information content (AvgIpc) is 2.34. The smallest absolute Gasteiger partial charge is 0.292 e. The van der Waals surface area contributed by atoms with E-state index in [4.69, 9.17) is 0 Å². The van der Waals surface area contributed by atoms with Crippen molar-refractivity contribution < 1.29 is 0 Å². The highest BCUT2D eigenvalue weighted by Crippen LogP contribution is 1.94. The molecule has 11 heavy (non-hydrogen) atoms. The minimum atomic E-state index is -0.535. The van der Waals surface area contributed by atoms with Crippen LogP contribution < -0.4 is 11.2 Å². The van der Waals surface area contributed by atoms with Crippen molar-refractivity contribution in [2.24, 2.45) is 0 Å². The summed E-state index contributed by atoms with van der Waals surface area (Å²) < 4.78 is 0. The van der Waals surface area contributed by atoms with Gasteiger partial charge in [0.15, 0.2) is 0 Å². The van der Waals surface area contributed by atoms with Gasteiger partial charge in [0.05, 0.1) is 6.20 Å². The van der Waals surface area contributed by atoms with Crippen LogP contribution in [0, 0.1) is 0 Å². The van der Waals surface area contributed by atoms with Gasteiger partial charge in [0.25, 0.3) is 5.56 Å². The van der Waals surface area contributed by atoms with Crippen molar-refractivity contribution in [1.29, 1.82) is 0 Å². The van der Waals surface area contributed by atoms with E-state index in [1.54, 1.807) is 0 Å². The number of fused-ring (bicyclic) bond motifs is 1. The molecule has 0 fully saturated rings. The summed E-state index contributed by atoms with van der Waals surface area (Å²) in [5, 5.41) is 6.42. The SMILES string of the molecule is O=c1[nH]c(=O)c2[13cH][15n][15nH]c2[nH]1. The molecule has 0 aliphatic carbocycles. The van der Waals surface area contributed by atoms with Crippen LogP contribution in [0.15, 0.2) is 15.8 Å². The van der Waals surface area contributed by atoms with Crippen LogP contribution in [0.4, 0.5) is 0 Å². The van der Waals surface area contributed by atoms with E-state index in [0.717, 1.165) is 0 Å². The van der Waals surface area contributed by atoms with Crippen LogP contribution in [0.2, 0.25) is 0 Å². The Kier molecular flexibility index (Phi) is 0.974. The molecule has 0 atom stereocenters. The maximum atomic E-state index is 10.9. The third-order valence-electron chi connectivity index (χ3n) is 1.35. The van der Waals surface area contributed by atoms with Gasteiger partial charge in [-0.25, -0.2) is 4.79 Å². The third kappa shape index (κ3) is 0.759. The number of hydrogen-bond acceptors (Lipinski definition) is 3. The Balaban J connectivity index is 3.15. The quantitative estimate of drug-likeness (QED) is 0.452. The normalized spacial score (nSPS) is 10.5. The molecular formula is C5H4N4O2. The predicted molar refractivity (Wildman–Crippen MR) is 37.3 cm³/mol. The van der Waals surface area contributed by atoms with E-state index in [0.29, 0.717) is 11.0 Å². The molecule has 6 heteroatoms. The standard InChI is InChI=1S/C5H4N4O2/c10-4-2-1-6-9-3(2)7-5(11)8-4/h1H,(H3,6,7,8,9,10,11)/i1+1,6+1,9+1. The van der Waals surface area contributed by atoms with E-state index in [2.05, 4.69) is 20.2 Å². The van der Waals surface area contributed by atoms with Gasteiger partial charge in [-0.1, -0.05) is 0 Å². The number of nitrogens with zero attached hydrogens (tertiary/aromatic N) is 1. The Morgan fingerprint density at radius 1 is 1.27 bits per heavy atom. The lowest BCUT2D eigenvalue weighted by molar-refractivity contribution is 1.04. The number of rotatable bonds is 0. The van der Waals surface area contributed by atoms with Gasteiger partial charge in [-0.2, -0.15) is 5.10 Å². The second-order valence-corrected chi connectivity index (χ2v) is 2.07. The topological polar surface area (TPSA) is 94.4 Å². The average molecular weight is 155 g/mol. The van der Waals surface area contributed by atoms with Crippen molar-refractivity contribution in [2.45, 2.75) is 0 Å². The van der Waals surface area contributed by atoms with Crippen LogP contribution in [-0.2, 0) is 0 Å². The molecule has 6 nitrogen and oxygen atoms in total. The summed E-state index contributed by atoms with van der Waals surface area (Å²) in [6.45, 7) is 0. The van der Waals surface area contributed by atoms with Crippen LogP contribution in [-0.4, -0.2) is 20.2 Å². The molecule has 0 saturated heterocycles. The highest BCUT2D eigenvalue weighted by Gasteiger charge is 1.99. The fraction of sp³-hybridized carbons (Fsp3) is 0. The van der Waals surface area contributed by atoms with Gasteiger partial charge < -0.3 is 0 Å². The van der Waals surface area contributed by atoms with Crippen LogP contribution in [0.1, 0.15) is 0 Å². The van der Waals surface area contributed by atoms with Gasteiger partial charge in [-0.3, -0.25) is 19.9 Å². The number of nitrogens with one attached hydrogen (secondary N) is 3. The highest BCUT2D eigenvalue weighted by molar-refractivity contribution is 5.71. The van der Waals surface area contributed by atoms with Gasteiger partial charge in [0, 0.05) is 0 Å². The summed E-state index contributed by atoms with van der Waals surface area (Å²) in [5.41, 5.74) is -0.622. The third-order valence-corrected chi connectivity index (χ3v) is 1.35. The van der Waals surface area contributed by atoms with E-state index < -0.39 is 11.2 Å². The maximum Gasteiger partial charge on any atom is 0.327 e. The molecule has 0 saturated carbocycles. The fourth-order valence-electron chi connectivity index (χ4n) is 0.869. The summed E-state index contributed by atoms with van der Waals surface area (Å²) in [5.74, 6) is 0. The minimum absolute atomic E-state index is 0.346. The Labute approximate surface area is 59.3 Å². The molecule has 0 bridgehead atoms.